The molecule has 2 rings (SSSR count). The van der Waals surface area contributed by atoms with E-state index in [1.807, 2.05) is 29.8 Å². The Labute approximate surface area is 109 Å². The fourth-order valence-corrected chi connectivity index (χ4v) is 2.31. The average molecular weight is 243 g/mol. The zero-order valence-corrected chi connectivity index (χ0v) is 11.4. The zero-order valence-electron chi connectivity index (χ0n) is 11.4. The van der Waals surface area contributed by atoms with E-state index in [0.717, 1.165) is 35.7 Å². The molecule has 0 radical (unpaired) electrons. The third-order valence-corrected chi connectivity index (χ3v) is 3.39. The molecule has 1 aromatic heterocycles. The maximum atomic E-state index is 6.17. The monoisotopic (exact) mass is 243 g/mol. The van der Waals surface area contributed by atoms with Gasteiger partial charge in [-0.05, 0) is 6.42 Å². The number of hydrogen-bond donors (Lipinski definition) is 1. The summed E-state index contributed by atoms with van der Waals surface area (Å²) in [7, 11) is 1.98. The second-order valence-corrected chi connectivity index (χ2v) is 4.82. The summed E-state index contributed by atoms with van der Waals surface area (Å²) in [5.41, 5.74) is 8.31. The van der Waals surface area contributed by atoms with Gasteiger partial charge < -0.3 is 10.3 Å². The lowest BCUT2D eigenvalue weighted by molar-refractivity contribution is 0.652. The number of nitrogens with zero attached hydrogens (tertiary/aromatic N) is 2. The van der Waals surface area contributed by atoms with Crippen LogP contribution in [0.2, 0.25) is 0 Å². The van der Waals surface area contributed by atoms with E-state index in [-0.39, 0.29) is 0 Å². The van der Waals surface area contributed by atoms with Crippen molar-refractivity contribution in [2.24, 2.45) is 7.05 Å². The van der Waals surface area contributed by atoms with Gasteiger partial charge in [0.25, 0.3) is 0 Å². The number of hydrogen-bond acceptors (Lipinski definition) is 2. The summed E-state index contributed by atoms with van der Waals surface area (Å²) in [5.74, 6) is 2.15. The Morgan fingerprint density at radius 3 is 2.56 bits per heavy atom. The zero-order chi connectivity index (χ0) is 13.1. The van der Waals surface area contributed by atoms with Crippen molar-refractivity contribution in [2.75, 3.05) is 5.73 Å². The van der Waals surface area contributed by atoms with Crippen LogP contribution in [0.4, 0.5) is 5.82 Å². The summed E-state index contributed by atoms with van der Waals surface area (Å²) in [6.07, 6.45) is 2.27. The van der Waals surface area contributed by atoms with Gasteiger partial charge in [0.05, 0.1) is 5.69 Å². The normalized spacial score (nSPS) is 12.6. The van der Waals surface area contributed by atoms with Crippen LogP contribution in [0.25, 0.3) is 11.4 Å². The highest BCUT2D eigenvalue weighted by Gasteiger charge is 2.17. The average Bonchev–Trinajstić information content (AvgIpc) is 2.68. The molecule has 2 aromatic rings. The minimum absolute atomic E-state index is 0.415. The van der Waals surface area contributed by atoms with Gasteiger partial charge in [0.1, 0.15) is 11.6 Å². The first-order valence-corrected chi connectivity index (χ1v) is 6.52. The molecule has 1 aromatic carbocycles. The minimum Gasteiger partial charge on any atom is -0.384 e. The molecular weight excluding hydrogens is 222 g/mol. The van der Waals surface area contributed by atoms with Crippen LogP contribution in [0.1, 0.15) is 38.3 Å². The molecular formula is C15H21N3. The van der Waals surface area contributed by atoms with Crippen LogP contribution in [-0.4, -0.2) is 9.55 Å². The second-order valence-electron chi connectivity index (χ2n) is 4.82. The molecule has 1 unspecified atom stereocenters. The van der Waals surface area contributed by atoms with E-state index >= 15 is 0 Å². The van der Waals surface area contributed by atoms with Crippen molar-refractivity contribution in [3.63, 3.8) is 0 Å². The third-order valence-electron chi connectivity index (χ3n) is 3.39. The Morgan fingerprint density at radius 2 is 1.94 bits per heavy atom. The summed E-state index contributed by atoms with van der Waals surface area (Å²) < 4.78 is 1.98. The molecule has 1 atom stereocenters. The predicted octanol–water partition coefficient (Wildman–Crippen LogP) is 3.57. The molecule has 0 aliphatic carbocycles. The molecule has 0 spiro atoms. The van der Waals surface area contributed by atoms with Gasteiger partial charge in [-0.15, -0.1) is 0 Å². The molecule has 3 heteroatoms. The summed E-state index contributed by atoms with van der Waals surface area (Å²) in [5, 5.41) is 0. The number of rotatable bonds is 4. The van der Waals surface area contributed by atoms with Crippen LogP contribution in [0.5, 0.6) is 0 Å². The summed E-state index contributed by atoms with van der Waals surface area (Å²) >= 11 is 0. The van der Waals surface area contributed by atoms with Crippen molar-refractivity contribution < 1.29 is 0 Å². The van der Waals surface area contributed by atoms with E-state index in [1.165, 1.54) is 0 Å². The van der Waals surface area contributed by atoms with E-state index in [9.17, 15) is 0 Å². The Morgan fingerprint density at radius 1 is 1.28 bits per heavy atom. The van der Waals surface area contributed by atoms with Crippen LogP contribution < -0.4 is 5.73 Å². The van der Waals surface area contributed by atoms with Gasteiger partial charge in [-0.1, -0.05) is 50.6 Å². The van der Waals surface area contributed by atoms with Gasteiger partial charge >= 0.3 is 0 Å². The van der Waals surface area contributed by atoms with Crippen LogP contribution in [0.15, 0.2) is 30.3 Å². The number of anilines is 1. The highest BCUT2D eigenvalue weighted by Crippen LogP contribution is 2.29. The number of nitrogens with two attached hydrogens (primary N) is 1. The summed E-state index contributed by atoms with van der Waals surface area (Å²) in [6, 6.07) is 10.2. The van der Waals surface area contributed by atoms with Crippen molar-refractivity contribution in [1.29, 1.82) is 0 Å². The highest BCUT2D eigenvalue weighted by atomic mass is 15.1. The summed E-state index contributed by atoms with van der Waals surface area (Å²) in [6.45, 7) is 4.38. The van der Waals surface area contributed by atoms with Crippen molar-refractivity contribution in [3.05, 3.63) is 36.0 Å². The van der Waals surface area contributed by atoms with Gasteiger partial charge in [0, 0.05) is 18.5 Å². The SMILES string of the molecule is CCCC(C)c1nc(-c2ccccc2)n(C)c1N. The molecule has 2 N–H and O–H groups in total. The Kier molecular flexibility index (Phi) is 3.70. The number of nitrogen functional groups attached to an aromatic ring is 1. The lowest BCUT2D eigenvalue weighted by Crippen LogP contribution is -2.02. The van der Waals surface area contributed by atoms with Crippen molar-refractivity contribution in [3.8, 4) is 11.4 Å². The topological polar surface area (TPSA) is 43.8 Å². The quantitative estimate of drug-likeness (QED) is 0.892. The van der Waals surface area contributed by atoms with Crippen molar-refractivity contribution in [2.45, 2.75) is 32.6 Å². The van der Waals surface area contributed by atoms with Gasteiger partial charge in [-0.2, -0.15) is 0 Å². The van der Waals surface area contributed by atoms with E-state index in [1.54, 1.807) is 0 Å². The Hall–Kier alpha value is -1.77. The standard InChI is InChI=1S/C15H21N3/c1-4-8-11(2)13-14(16)18(3)15(17-13)12-9-6-5-7-10-12/h5-7,9-11H,4,8,16H2,1-3H3. The van der Waals surface area contributed by atoms with Gasteiger partial charge in [0.15, 0.2) is 0 Å². The van der Waals surface area contributed by atoms with Crippen LogP contribution in [0.3, 0.4) is 0 Å². The van der Waals surface area contributed by atoms with E-state index in [4.69, 9.17) is 10.7 Å². The molecule has 0 bridgehead atoms. The van der Waals surface area contributed by atoms with E-state index in [0.29, 0.717) is 5.92 Å². The second kappa shape index (κ2) is 5.25. The number of imidazole rings is 1. The van der Waals surface area contributed by atoms with Crippen LogP contribution in [-0.2, 0) is 7.05 Å². The van der Waals surface area contributed by atoms with Gasteiger partial charge in [-0.3, -0.25) is 0 Å². The molecule has 0 amide bonds. The molecule has 18 heavy (non-hydrogen) atoms. The smallest absolute Gasteiger partial charge is 0.141 e. The molecule has 0 aliphatic heterocycles. The number of benzene rings is 1. The maximum absolute atomic E-state index is 6.17. The molecule has 96 valence electrons. The molecule has 0 saturated heterocycles. The molecule has 3 nitrogen and oxygen atoms in total. The first-order chi connectivity index (χ1) is 8.65. The van der Waals surface area contributed by atoms with Gasteiger partial charge in [-0.25, -0.2) is 4.98 Å². The Balaban J connectivity index is 2.43. The highest BCUT2D eigenvalue weighted by molar-refractivity contribution is 5.60. The van der Waals surface area contributed by atoms with Crippen molar-refractivity contribution >= 4 is 5.82 Å². The Bertz CT molecular complexity index is 514. The lowest BCUT2D eigenvalue weighted by atomic mass is 10.0. The minimum atomic E-state index is 0.415. The van der Waals surface area contributed by atoms with E-state index < -0.39 is 0 Å². The fraction of sp³-hybridized carbons (Fsp3) is 0.400. The van der Waals surface area contributed by atoms with Gasteiger partial charge in [0.2, 0.25) is 0 Å². The van der Waals surface area contributed by atoms with Crippen molar-refractivity contribution in [1.82, 2.24) is 9.55 Å². The van der Waals surface area contributed by atoms with E-state index in [2.05, 4.69) is 26.0 Å². The molecule has 0 fully saturated rings. The molecule has 0 aliphatic rings. The van der Waals surface area contributed by atoms with Crippen LogP contribution >= 0.6 is 0 Å². The molecule has 1 heterocycles. The third kappa shape index (κ3) is 2.26. The molecule has 0 saturated carbocycles. The maximum Gasteiger partial charge on any atom is 0.141 e. The van der Waals surface area contributed by atoms with Crippen LogP contribution in [0, 0.1) is 0 Å². The lowest BCUT2D eigenvalue weighted by Gasteiger charge is -2.07. The summed E-state index contributed by atoms with van der Waals surface area (Å²) in [4.78, 5) is 4.74. The fourth-order valence-electron chi connectivity index (χ4n) is 2.31. The largest absolute Gasteiger partial charge is 0.384 e. The first-order valence-electron chi connectivity index (χ1n) is 6.52. The predicted molar refractivity (Wildman–Crippen MR) is 76.4 cm³/mol. The first kappa shape index (κ1) is 12.7. The number of aromatic nitrogens is 2.